The smallest absolute Gasteiger partial charge is 0.356 e. The van der Waals surface area contributed by atoms with Crippen molar-refractivity contribution in [3.05, 3.63) is 24.0 Å². The number of ether oxygens (including phenoxy) is 1. The molecule has 0 amide bonds. The first kappa shape index (κ1) is 11.3. The Morgan fingerprint density at radius 1 is 1.59 bits per heavy atom. The minimum absolute atomic E-state index is 0.0785. The number of hydrogen-bond acceptors (Lipinski definition) is 5. The predicted molar refractivity (Wildman–Crippen MR) is 57.1 cm³/mol. The number of carboxylic acids is 1. The number of aliphatic hydroxyl groups excluding tert-OH is 1. The summed E-state index contributed by atoms with van der Waals surface area (Å²) in [5.74, 6) is -0.810. The van der Waals surface area contributed by atoms with E-state index in [9.17, 15) is 4.79 Å². The fraction of sp³-hybridized carbons (Fsp3) is 0.300. The summed E-state index contributed by atoms with van der Waals surface area (Å²) < 4.78 is 6.51. The van der Waals surface area contributed by atoms with Gasteiger partial charge in [0.25, 0.3) is 0 Å². The number of rotatable bonds is 4. The second kappa shape index (κ2) is 4.38. The van der Waals surface area contributed by atoms with E-state index in [1.54, 1.807) is 19.1 Å². The number of nitrogens with zero attached hydrogens (tertiary/aromatic N) is 3. The zero-order valence-electron chi connectivity index (χ0n) is 9.07. The second-order valence-electron chi connectivity index (χ2n) is 3.57. The van der Waals surface area contributed by atoms with Gasteiger partial charge in [-0.3, -0.25) is 0 Å². The lowest BCUT2D eigenvalue weighted by Gasteiger charge is -2.06. The van der Waals surface area contributed by atoms with Gasteiger partial charge in [0.05, 0.1) is 12.3 Å². The maximum atomic E-state index is 10.7. The van der Waals surface area contributed by atoms with Crippen molar-refractivity contribution in [2.45, 2.75) is 13.0 Å². The van der Waals surface area contributed by atoms with E-state index in [0.717, 1.165) is 0 Å². The number of aliphatic hydroxyl groups is 1. The average molecular weight is 237 g/mol. The quantitative estimate of drug-likeness (QED) is 0.787. The molecular formula is C10H11N3O4. The summed E-state index contributed by atoms with van der Waals surface area (Å²) in [4.78, 5) is 14.5. The normalized spacial score (nSPS) is 12.6. The summed E-state index contributed by atoms with van der Waals surface area (Å²) in [6.45, 7) is 1.72. The van der Waals surface area contributed by atoms with Crippen molar-refractivity contribution < 1.29 is 19.7 Å². The van der Waals surface area contributed by atoms with Crippen LogP contribution in [0, 0.1) is 0 Å². The van der Waals surface area contributed by atoms with E-state index in [1.165, 1.54) is 10.7 Å². The van der Waals surface area contributed by atoms with Gasteiger partial charge in [-0.2, -0.15) is 0 Å². The van der Waals surface area contributed by atoms with E-state index in [1.807, 2.05) is 0 Å². The van der Waals surface area contributed by atoms with Crippen LogP contribution in [0.25, 0.3) is 5.65 Å². The second-order valence-corrected chi connectivity index (χ2v) is 3.57. The first-order valence-electron chi connectivity index (χ1n) is 4.97. The highest BCUT2D eigenvalue weighted by molar-refractivity contribution is 5.85. The maximum Gasteiger partial charge on any atom is 0.356 e. The van der Waals surface area contributed by atoms with E-state index in [0.29, 0.717) is 11.5 Å². The molecule has 90 valence electrons. The van der Waals surface area contributed by atoms with Gasteiger partial charge in [0.1, 0.15) is 6.61 Å². The standard InChI is InChI=1S/C10H11N3O4/c1-6(14)5-17-9-3-2-8-11-7(10(15)16)4-13(8)12-9/h2-4,6,14H,5H2,1H3,(H,15,16)/t6-/m0/s1. The van der Waals surface area contributed by atoms with Gasteiger partial charge in [0.2, 0.25) is 5.88 Å². The van der Waals surface area contributed by atoms with Gasteiger partial charge in [0.15, 0.2) is 11.3 Å². The molecule has 0 saturated heterocycles. The highest BCUT2D eigenvalue weighted by atomic mass is 16.5. The molecule has 2 heterocycles. The Balaban J connectivity index is 2.27. The summed E-state index contributed by atoms with van der Waals surface area (Å²) in [5.41, 5.74) is 0.344. The first-order valence-corrected chi connectivity index (χ1v) is 4.97. The summed E-state index contributed by atoms with van der Waals surface area (Å²) >= 11 is 0. The Labute approximate surface area is 96.3 Å². The van der Waals surface area contributed by atoms with Gasteiger partial charge in [-0.1, -0.05) is 0 Å². The van der Waals surface area contributed by atoms with E-state index in [-0.39, 0.29) is 12.3 Å². The number of aromatic carboxylic acids is 1. The van der Waals surface area contributed by atoms with Crippen molar-refractivity contribution >= 4 is 11.6 Å². The molecule has 7 nitrogen and oxygen atoms in total. The molecule has 1 atom stereocenters. The Bertz CT molecular complexity index is 549. The van der Waals surface area contributed by atoms with Crippen LogP contribution in [0.3, 0.4) is 0 Å². The largest absolute Gasteiger partial charge is 0.476 e. The molecule has 0 bridgehead atoms. The molecule has 2 N–H and O–H groups in total. The molecule has 2 aromatic heterocycles. The summed E-state index contributed by atoms with van der Waals surface area (Å²) in [6, 6.07) is 3.16. The third-order valence-corrected chi connectivity index (χ3v) is 1.99. The number of aromatic nitrogens is 3. The van der Waals surface area contributed by atoms with Gasteiger partial charge < -0.3 is 14.9 Å². The van der Waals surface area contributed by atoms with E-state index in [2.05, 4.69) is 10.1 Å². The van der Waals surface area contributed by atoms with Crippen LogP contribution in [0.1, 0.15) is 17.4 Å². The van der Waals surface area contributed by atoms with Crippen molar-refractivity contribution in [3.8, 4) is 5.88 Å². The molecule has 2 aromatic rings. The summed E-state index contributed by atoms with van der Waals surface area (Å²) in [7, 11) is 0. The van der Waals surface area contributed by atoms with E-state index >= 15 is 0 Å². The van der Waals surface area contributed by atoms with Crippen LogP contribution in [0.5, 0.6) is 5.88 Å². The fourth-order valence-corrected chi connectivity index (χ4v) is 1.25. The molecular weight excluding hydrogens is 226 g/mol. The van der Waals surface area contributed by atoms with Crippen LogP contribution in [0.15, 0.2) is 18.3 Å². The lowest BCUT2D eigenvalue weighted by Crippen LogP contribution is -2.13. The summed E-state index contributed by atoms with van der Waals surface area (Å²) in [5, 5.41) is 21.8. The van der Waals surface area contributed by atoms with Gasteiger partial charge in [0, 0.05) is 6.07 Å². The molecule has 0 fully saturated rings. The zero-order chi connectivity index (χ0) is 12.4. The molecule has 0 saturated carbocycles. The molecule has 0 aliphatic rings. The lowest BCUT2D eigenvalue weighted by molar-refractivity contribution is 0.0691. The molecule has 0 radical (unpaired) electrons. The van der Waals surface area contributed by atoms with Crippen LogP contribution in [0.2, 0.25) is 0 Å². The van der Waals surface area contributed by atoms with Crippen molar-refractivity contribution in [1.82, 2.24) is 14.6 Å². The number of hydrogen-bond donors (Lipinski definition) is 2. The molecule has 0 aromatic carbocycles. The minimum atomic E-state index is -1.11. The molecule has 0 aliphatic heterocycles. The molecule has 0 unspecified atom stereocenters. The highest BCUT2D eigenvalue weighted by Gasteiger charge is 2.10. The Hall–Kier alpha value is -2.15. The highest BCUT2D eigenvalue weighted by Crippen LogP contribution is 2.10. The van der Waals surface area contributed by atoms with Gasteiger partial charge in [-0.25, -0.2) is 14.3 Å². The predicted octanol–water partition coefficient (Wildman–Crippen LogP) is 0.187. The molecule has 0 aliphatic carbocycles. The zero-order valence-corrected chi connectivity index (χ0v) is 9.07. The average Bonchev–Trinajstić information content (AvgIpc) is 2.69. The van der Waals surface area contributed by atoms with Gasteiger partial charge >= 0.3 is 5.97 Å². The maximum absolute atomic E-state index is 10.7. The Morgan fingerprint density at radius 2 is 2.35 bits per heavy atom. The van der Waals surface area contributed by atoms with Crippen molar-refractivity contribution in [2.75, 3.05) is 6.61 Å². The topological polar surface area (TPSA) is 97.0 Å². The van der Waals surface area contributed by atoms with Crippen LogP contribution in [0.4, 0.5) is 0 Å². The van der Waals surface area contributed by atoms with Crippen LogP contribution in [-0.4, -0.2) is 43.5 Å². The minimum Gasteiger partial charge on any atom is -0.476 e. The van der Waals surface area contributed by atoms with Crippen LogP contribution < -0.4 is 4.74 Å². The number of carbonyl (C=O) groups is 1. The van der Waals surface area contributed by atoms with Crippen LogP contribution in [-0.2, 0) is 0 Å². The molecule has 17 heavy (non-hydrogen) atoms. The van der Waals surface area contributed by atoms with E-state index in [4.69, 9.17) is 14.9 Å². The summed E-state index contributed by atoms with van der Waals surface area (Å²) in [6.07, 6.45) is 0.706. The molecule has 0 spiro atoms. The van der Waals surface area contributed by atoms with Gasteiger partial charge in [-0.05, 0) is 13.0 Å². The van der Waals surface area contributed by atoms with E-state index < -0.39 is 12.1 Å². The Morgan fingerprint density at radius 3 is 3.00 bits per heavy atom. The van der Waals surface area contributed by atoms with Crippen molar-refractivity contribution in [3.63, 3.8) is 0 Å². The molecule has 2 rings (SSSR count). The molecule has 7 heteroatoms. The third-order valence-electron chi connectivity index (χ3n) is 1.99. The monoisotopic (exact) mass is 237 g/mol. The van der Waals surface area contributed by atoms with Crippen molar-refractivity contribution in [1.29, 1.82) is 0 Å². The third kappa shape index (κ3) is 2.51. The first-order chi connectivity index (χ1) is 8.06. The fourth-order valence-electron chi connectivity index (χ4n) is 1.25. The lowest BCUT2D eigenvalue weighted by atomic mass is 10.4. The number of fused-ring (bicyclic) bond motifs is 1. The Kier molecular flexibility index (Phi) is 2.92. The number of carboxylic acid groups (broad SMARTS) is 1. The number of imidazole rings is 1. The van der Waals surface area contributed by atoms with Gasteiger partial charge in [-0.15, -0.1) is 5.10 Å². The van der Waals surface area contributed by atoms with Crippen molar-refractivity contribution in [2.24, 2.45) is 0 Å². The SMILES string of the molecule is C[C@H](O)COc1ccc2nc(C(=O)O)cn2n1. The van der Waals surface area contributed by atoms with Crippen LogP contribution >= 0.6 is 0 Å².